The number of benzene rings is 1. The summed E-state index contributed by atoms with van der Waals surface area (Å²) in [4.78, 5) is 30.8. The van der Waals surface area contributed by atoms with Crippen LogP contribution >= 0.6 is 11.8 Å². The number of aliphatic hydroxyl groups excluding tert-OH is 1. The third kappa shape index (κ3) is 4.94. The van der Waals surface area contributed by atoms with E-state index in [0.29, 0.717) is 16.4 Å². The highest BCUT2D eigenvalue weighted by molar-refractivity contribution is 7.99. The Hall–Kier alpha value is -2.12. The van der Waals surface area contributed by atoms with Gasteiger partial charge in [-0.1, -0.05) is 23.9 Å². The van der Waals surface area contributed by atoms with E-state index in [4.69, 9.17) is 5.11 Å². The van der Waals surface area contributed by atoms with Gasteiger partial charge in [0, 0.05) is 30.0 Å². The van der Waals surface area contributed by atoms with Crippen molar-refractivity contribution in [2.24, 2.45) is 0 Å². The van der Waals surface area contributed by atoms with Gasteiger partial charge in [0.15, 0.2) is 5.16 Å². The summed E-state index contributed by atoms with van der Waals surface area (Å²) < 4.78 is 0. The number of thioether (sulfide) groups is 1. The molecule has 1 heterocycles. The van der Waals surface area contributed by atoms with E-state index in [1.54, 1.807) is 6.92 Å². The molecule has 1 amide bonds. The summed E-state index contributed by atoms with van der Waals surface area (Å²) in [7, 11) is 0. The first-order valence-electron chi connectivity index (χ1n) is 7.19. The number of aromatic amines is 1. The summed E-state index contributed by atoms with van der Waals surface area (Å²) in [5.74, 6) is -0.0179. The summed E-state index contributed by atoms with van der Waals surface area (Å²) in [6.45, 7) is 3.57. The number of aromatic nitrogens is 2. The summed E-state index contributed by atoms with van der Waals surface area (Å²) in [5.41, 5.74) is 2.58. The minimum absolute atomic E-state index is 0.100. The molecule has 3 N–H and O–H groups in total. The zero-order valence-electron chi connectivity index (χ0n) is 13.0. The smallest absolute Gasteiger partial charge is 0.255 e. The molecule has 2 aromatic rings. The molecular weight excluding hydrogens is 314 g/mol. The van der Waals surface area contributed by atoms with Crippen LogP contribution in [0.15, 0.2) is 34.2 Å². The number of H-pyrrole nitrogens is 1. The predicted octanol–water partition coefficient (Wildman–Crippen LogP) is 1.65. The first-order chi connectivity index (χ1) is 11.0. The molecule has 122 valence electrons. The highest BCUT2D eigenvalue weighted by Gasteiger charge is 2.10. The van der Waals surface area contributed by atoms with Crippen LogP contribution in [-0.4, -0.2) is 33.3 Å². The molecule has 6 nitrogen and oxygen atoms in total. The predicted molar refractivity (Wildman–Crippen MR) is 90.9 cm³/mol. The van der Waals surface area contributed by atoms with Crippen molar-refractivity contribution in [3.63, 3.8) is 0 Å². The molecular formula is C16H19N3O3S. The number of hydrogen-bond acceptors (Lipinski definition) is 5. The lowest BCUT2D eigenvalue weighted by molar-refractivity contribution is -0.113. The van der Waals surface area contributed by atoms with Gasteiger partial charge in [-0.2, -0.15) is 0 Å². The highest BCUT2D eigenvalue weighted by atomic mass is 32.2. The van der Waals surface area contributed by atoms with Crippen LogP contribution in [0.3, 0.4) is 0 Å². The van der Waals surface area contributed by atoms with Gasteiger partial charge < -0.3 is 15.4 Å². The van der Waals surface area contributed by atoms with Crippen LogP contribution < -0.4 is 10.9 Å². The van der Waals surface area contributed by atoms with Crippen molar-refractivity contribution in [1.82, 2.24) is 9.97 Å². The molecule has 7 heteroatoms. The normalized spacial score (nSPS) is 10.6. The number of aryl methyl sites for hydroxylation is 2. The number of nitrogens with one attached hydrogen (secondary N) is 2. The van der Waals surface area contributed by atoms with Crippen molar-refractivity contribution in [2.75, 3.05) is 17.7 Å². The average molecular weight is 333 g/mol. The molecule has 23 heavy (non-hydrogen) atoms. The second kappa shape index (κ2) is 7.94. The van der Waals surface area contributed by atoms with Crippen molar-refractivity contribution < 1.29 is 9.90 Å². The van der Waals surface area contributed by atoms with E-state index in [2.05, 4.69) is 15.3 Å². The second-order valence-corrected chi connectivity index (χ2v) is 6.08. The Balaban J connectivity index is 1.98. The molecule has 0 saturated heterocycles. The van der Waals surface area contributed by atoms with E-state index >= 15 is 0 Å². The van der Waals surface area contributed by atoms with Gasteiger partial charge in [0.25, 0.3) is 5.56 Å². The Morgan fingerprint density at radius 3 is 2.83 bits per heavy atom. The first-order valence-corrected chi connectivity index (χ1v) is 8.18. The topological polar surface area (TPSA) is 95.1 Å². The molecule has 1 aromatic heterocycles. The molecule has 0 aliphatic carbocycles. The van der Waals surface area contributed by atoms with Crippen LogP contribution in [0.5, 0.6) is 0 Å². The Morgan fingerprint density at radius 2 is 2.17 bits per heavy atom. The Labute approximate surface area is 138 Å². The van der Waals surface area contributed by atoms with E-state index in [1.165, 1.54) is 11.8 Å². The first kappa shape index (κ1) is 17.2. The quantitative estimate of drug-likeness (QED) is 0.552. The average Bonchev–Trinajstić information content (AvgIpc) is 2.49. The van der Waals surface area contributed by atoms with E-state index in [0.717, 1.165) is 11.3 Å². The van der Waals surface area contributed by atoms with E-state index in [1.807, 2.05) is 31.2 Å². The van der Waals surface area contributed by atoms with Crippen LogP contribution in [0.4, 0.5) is 5.69 Å². The molecule has 0 bridgehead atoms. The molecule has 0 unspecified atom stereocenters. The second-order valence-electron chi connectivity index (χ2n) is 5.11. The molecule has 0 saturated carbocycles. The van der Waals surface area contributed by atoms with Gasteiger partial charge in [0.1, 0.15) is 0 Å². The molecule has 0 spiro atoms. The van der Waals surface area contributed by atoms with Crippen LogP contribution in [-0.2, 0) is 11.2 Å². The highest BCUT2D eigenvalue weighted by Crippen LogP contribution is 2.14. The van der Waals surface area contributed by atoms with Crippen molar-refractivity contribution in [3.8, 4) is 0 Å². The van der Waals surface area contributed by atoms with E-state index < -0.39 is 0 Å². The molecule has 0 aliphatic heterocycles. The fourth-order valence-electron chi connectivity index (χ4n) is 2.11. The van der Waals surface area contributed by atoms with Gasteiger partial charge >= 0.3 is 0 Å². The zero-order chi connectivity index (χ0) is 16.8. The van der Waals surface area contributed by atoms with Crippen LogP contribution in [0.1, 0.15) is 16.8 Å². The van der Waals surface area contributed by atoms with Gasteiger partial charge in [-0.25, -0.2) is 4.98 Å². The third-order valence-electron chi connectivity index (χ3n) is 3.20. The van der Waals surface area contributed by atoms with Crippen molar-refractivity contribution >= 4 is 23.4 Å². The van der Waals surface area contributed by atoms with Crippen LogP contribution in [0.2, 0.25) is 0 Å². The van der Waals surface area contributed by atoms with Gasteiger partial charge in [0.2, 0.25) is 5.91 Å². The molecule has 0 aliphatic rings. The van der Waals surface area contributed by atoms with Crippen molar-refractivity contribution in [3.05, 3.63) is 51.4 Å². The minimum Gasteiger partial charge on any atom is -0.396 e. The minimum atomic E-state index is -0.270. The maximum Gasteiger partial charge on any atom is 0.255 e. The SMILES string of the molecule is Cc1cccc(NC(=O)CSc2nc(C)c(CCO)c(=O)[nH]2)c1. The lowest BCUT2D eigenvalue weighted by Crippen LogP contribution is -2.19. The number of hydrogen-bond donors (Lipinski definition) is 3. The van der Waals surface area contributed by atoms with Crippen LogP contribution in [0, 0.1) is 13.8 Å². The monoisotopic (exact) mass is 333 g/mol. The fourth-order valence-corrected chi connectivity index (χ4v) is 2.82. The summed E-state index contributed by atoms with van der Waals surface area (Å²) in [5, 5.41) is 12.1. The standard InChI is InChI=1S/C16H19N3O3S/c1-10-4-3-5-12(8-10)18-14(21)9-23-16-17-11(2)13(6-7-20)15(22)19-16/h3-5,8,20H,6-7,9H2,1-2H3,(H,18,21)(H,17,19,22). The molecule has 2 rings (SSSR count). The van der Waals surface area contributed by atoms with Crippen molar-refractivity contribution in [1.29, 1.82) is 0 Å². The number of carbonyl (C=O) groups excluding carboxylic acids is 1. The van der Waals surface area contributed by atoms with Crippen LogP contribution in [0.25, 0.3) is 0 Å². The largest absolute Gasteiger partial charge is 0.396 e. The van der Waals surface area contributed by atoms with E-state index in [-0.39, 0.29) is 30.2 Å². The lowest BCUT2D eigenvalue weighted by Gasteiger charge is -2.07. The van der Waals surface area contributed by atoms with Crippen molar-refractivity contribution in [2.45, 2.75) is 25.4 Å². The number of carbonyl (C=O) groups is 1. The molecule has 1 aromatic carbocycles. The summed E-state index contributed by atoms with van der Waals surface area (Å²) in [6.07, 6.45) is 0.271. The maximum atomic E-state index is 12.0. The van der Waals surface area contributed by atoms with Gasteiger partial charge in [-0.3, -0.25) is 9.59 Å². The summed E-state index contributed by atoms with van der Waals surface area (Å²) in [6, 6.07) is 7.54. The Kier molecular flexibility index (Phi) is 5.95. The fraction of sp³-hybridized carbons (Fsp3) is 0.312. The Bertz CT molecular complexity index is 758. The molecule has 0 atom stereocenters. The third-order valence-corrected chi connectivity index (χ3v) is 4.08. The molecule has 0 radical (unpaired) electrons. The molecule has 0 fully saturated rings. The van der Waals surface area contributed by atoms with E-state index in [9.17, 15) is 9.59 Å². The maximum absolute atomic E-state index is 12.0. The lowest BCUT2D eigenvalue weighted by atomic mass is 10.2. The van der Waals surface area contributed by atoms with Gasteiger partial charge in [0.05, 0.1) is 5.75 Å². The number of rotatable bonds is 6. The zero-order valence-corrected chi connectivity index (χ0v) is 13.9. The number of nitrogens with zero attached hydrogens (tertiary/aromatic N) is 1. The number of anilines is 1. The van der Waals surface area contributed by atoms with Gasteiger partial charge in [-0.05, 0) is 31.5 Å². The number of aliphatic hydroxyl groups is 1. The Morgan fingerprint density at radius 1 is 1.39 bits per heavy atom. The summed E-state index contributed by atoms with van der Waals surface area (Å²) >= 11 is 1.17. The number of amides is 1. The van der Waals surface area contributed by atoms with Gasteiger partial charge in [-0.15, -0.1) is 0 Å².